The molecule has 1 aliphatic heterocycles. The summed E-state index contributed by atoms with van der Waals surface area (Å²) in [6.07, 6.45) is 4.43. The number of carbonyl (C=O) groups excluding carboxylic acids is 2. The number of carbonyl (C=O) groups is 2. The van der Waals surface area contributed by atoms with Gasteiger partial charge in [0.1, 0.15) is 5.69 Å². The van der Waals surface area contributed by atoms with E-state index < -0.39 is 5.97 Å². The summed E-state index contributed by atoms with van der Waals surface area (Å²) in [5.74, 6) is 0.313. The lowest BCUT2D eigenvalue weighted by Gasteiger charge is -2.34. The number of ether oxygens (including phenoxy) is 3. The summed E-state index contributed by atoms with van der Waals surface area (Å²) in [6.45, 7) is 3.35. The predicted molar refractivity (Wildman–Crippen MR) is 111 cm³/mol. The first-order valence-electron chi connectivity index (χ1n) is 9.92. The maximum atomic E-state index is 12.8. The number of hydrogen-bond donors (Lipinski definition) is 2. The Balaban J connectivity index is 1.93. The molecule has 1 fully saturated rings. The molecule has 2 aromatic rings. The Labute approximate surface area is 170 Å². The van der Waals surface area contributed by atoms with Gasteiger partial charge in [0.15, 0.2) is 11.5 Å². The minimum absolute atomic E-state index is 0.161. The smallest absolute Gasteiger partial charge is 0.356 e. The van der Waals surface area contributed by atoms with Gasteiger partial charge < -0.3 is 24.5 Å². The summed E-state index contributed by atoms with van der Waals surface area (Å²) in [5.41, 5.74) is 1.22. The molecule has 0 bridgehead atoms. The van der Waals surface area contributed by atoms with Crippen molar-refractivity contribution in [3.8, 4) is 11.5 Å². The van der Waals surface area contributed by atoms with Crippen LogP contribution < -0.4 is 14.8 Å². The van der Waals surface area contributed by atoms with Crippen molar-refractivity contribution in [3.05, 3.63) is 17.8 Å². The maximum absolute atomic E-state index is 12.8. The van der Waals surface area contributed by atoms with E-state index in [4.69, 9.17) is 14.2 Å². The fraction of sp³-hybridized carbons (Fsp3) is 0.524. The molecule has 3 rings (SSSR count). The third-order valence-corrected chi connectivity index (χ3v) is 5.52. The van der Waals surface area contributed by atoms with E-state index in [1.54, 1.807) is 19.2 Å². The number of fused-ring (bicyclic) bond motifs is 1. The SMILES string of the molecule is CCC1CCCCN1CC(=O)Nc1c(C(=O)OC)[nH]c2cc(OC)c(OC)cc12. The van der Waals surface area contributed by atoms with E-state index in [0.717, 1.165) is 25.8 Å². The molecule has 0 spiro atoms. The van der Waals surface area contributed by atoms with Gasteiger partial charge in [-0.15, -0.1) is 0 Å². The van der Waals surface area contributed by atoms with Crippen LogP contribution in [0.3, 0.4) is 0 Å². The third kappa shape index (κ3) is 4.32. The number of amides is 1. The highest BCUT2D eigenvalue weighted by atomic mass is 16.5. The van der Waals surface area contributed by atoms with Gasteiger partial charge in [0, 0.05) is 17.5 Å². The number of benzene rings is 1. The van der Waals surface area contributed by atoms with Crippen LogP contribution in [-0.2, 0) is 9.53 Å². The molecule has 29 heavy (non-hydrogen) atoms. The Morgan fingerprint density at radius 3 is 2.55 bits per heavy atom. The molecule has 0 radical (unpaired) electrons. The average molecular weight is 403 g/mol. The summed E-state index contributed by atoms with van der Waals surface area (Å²) in [4.78, 5) is 30.4. The lowest BCUT2D eigenvalue weighted by atomic mass is 10.00. The number of rotatable bonds is 7. The maximum Gasteiger partial charge on any atom is 0.356 e. The highest BCUT2D eigenvalue weighted by Gasteiger charge is 2.26. The molecule has 2 heterocycles. The number of likely N-dealkylation sites (tertiary alicyclic amines) is 1. The molecule has 8 heteroatoms. The highest BCUT2D eigenvalue weighted by molar-refractivity contribution is 6.11. The lowest BCUT2D eigenvalue weighted by molar-refractivity contribution is -0.118. The van der Waals surface area contributed by atoms with Gasteiger partial charge >= 0.3 is 5.97 Å². The van der Waals surface area contributed by atoms with E-state index in [1.165, 1.54) is 20.6 Å². The average Bonchev–Trinajstić information content (AvgIpc) is 3.09. The second-order valence-corrected chi connectivity index (χ2v) is 7.20. The number of hydrogen-bond acceptors (Lipinski definition) is 6. The molecular weight excluding hydrogens is 374 g/mol. The number of H-pyrrole nitrogens is 1. The topological polar surface area (TPSA) is 92.9 Å². The van der Waals surface area contributed by atoms with Gasteiger partial charge in [-0.1, -0.05) is 13.3 Å². The Bertz CT molecular complexity index is 892. The van der Waals surface area contributed by atoms with Crippen molar-refractivity contribution in [2.45, 2.75) is 38.6 Å². The quantitative estimate of drug-likeness (QED) is 0.690. The molecule has 1 unspecified atom stereocenters. The van der Waals surface area contributed by atoms with Crippen LogP contribution in [0.2, 0.25) is 0 Å². The number of nitrogens with one attached hydrogen (secondary N) is 2. The second-order valence-electron chi connectivity index (χ2n) is 7.20. The first kappa shape index (κ1) is 21.0. The van der Waals surface area contributed by atoms with Gasteiger partial charge in [0.25, 0.3) is 0 Å². The number of piperidine rings is 1. The molecule has 1 amide bonds. The first-order valence-corrected chi connectivity index (χ1v) is 9.92. The number of methoxy groups -OCH3 is 3. The molecule has 2 N–H and O–H groups in total. The molecule has 1 saturated heterocycles. The van der Waals surface area contributed by atoms with Crippen molar-refractivity contribution in [3.63, 3.8) is 0 Å². The van der Waals surface area contributed by atoms with E-state index in [2.05, 4.69) is 22.1 Å². The van der Waals surface area contributed by atoms with Crippen molar-refractivity contribution in [2.75, 3.05) is 39.7 Å². The molecule has 158 valence electrons. The van der Waals surface area contributed by atoms with Crippen LogP contribution >= 0.6 is 0 Å². The normalized spacial score (nSPS) is 17.2. The number of aromatic amines is 1. The van der Waals surface area contributed by atoms with Gasteiger partial charge in [0.2, 0.25) is 5.91 Å². The van der Waals surface area contributed by atoms with Crippen molar-refractivity contribution < 1.29 is 23.8 Å². The van der Waals surface area contributed by atoms with Gasteiger partial charge in [-0.25, -0.2) is 4.79 Å². The molecular formula is C21H29N3O5. The Hall–Kier alpha value is -2.74. The number of anilines is 1. The van der Waals surface area contributed by atoms with Crippen molar-refractivity contribution in [1.82, 2.24) is 9.88 Å². The summed E-state index contributed by atoms with van der Waals surface area (Å²) < 4.78 is 15.6. The molecule has 8 nitrogen and oxygen atoms in total. The van der Waals surface area contributed by atoms with E-state index in [9.17, 15) is 9.59 Å². The lowest BCUT2D eigenvalue weighted by Crippen LogP contribution is -2.43. The molecule has 1 aromatic carbocycles. The summed E-state index contributed by atoms with van der Waals surface area (Å²) in [5, 5.41) is 3.58. The van der Waals surface area contributed by atoms with Crippen LogP contribution in [0, 0.1) is 0 Å². The highest BCUT2D eigenvalue weighted by Crippen LogP contribution is 2.37. The number of nitrogens with zero attached hydrogens (tertiary/aromatic N) is 1. The zero-order valence-electron chi connectivity index (χ0n) is 17.5. The van der Waals surface area contributed by atoms with Gasteiger partial charge in [-0.2, -0.15) is 0 Å². The molecule has 1 aromatic heterocycles. The van der Waals surface area contributed by atoms with Crippen molar-refractivity contribution in [1.29, 1.82) is 0 Å². The van der Waals surface area contributed by atoms with Crippen molar-refractivity contribution in [2.24, 2.45) is 0 Å². The Morgan fingerprint density at radius 1 is 1.17 bits per heavy atom. The van der Waals surface area contributed by atoms with Crippen LogP contribution in [0.5, 0.6) is 11.5 Å². The van der Waals surface area contributed by atoms with Gasteiger partial charge in [0.05, 0.1) is 39.1 Å². The largest absolute Gasteiger partial charge is 0.493 e. The fourth-order valence-corrected chi connectivity index (χ4v) is 4.00. The van der Waals surface area contributed by atoms with Crippen molar-refractivity contribution >= 4 is 28.5 Å². The number of aromatic nitrogens is 1. The van der Waals surface area contributed by atoms with E-state index in [-0.39, 0.29) is 11.6 Å². The zero-order valence-corrected chi connectivity index (χ0v) is 17.5. The van der Waals surface area contributed by atoms with Crippen LogP contribution in [-0.4, -0.2) is 62.2 Å². The minimum atomic E-state index is -0.557. The monoisotopic (exact) mass is 403 g/mol. The third-order valence-electron chi connectivity index (χ3n) is 5.52. The Kier molecular flexibility index (Phi) is 6.64. The van der Waals surface area contributed by atoms with Crippen LogP contribution in [0.15, 0.2) is 12.1 Å². The Morgan fingerprint density at radius 2 is 1.90 bits per heavy atom. The van der Waals surface area contributed by atoms with Gasteiger partial charge in [-0.05, 0) is 31.9 Å². The predicted octanol–water partition coefficient (Wildman–Crippen LogP) is 3.17. The summed E-state index contributed by atoms with van der Waals surface area (Å²) in [6, 6.07) is 3.89. The molecule has 0 aliphatic carbocycles. The summed E-state index contributed by atoms with van der Waals surface area (Å²) in [7, 11) is 4.39. The molecule has 0 saturated carbocycles. The second kappa shape index (κ2) is 9.17. The van der Waals surface area contributed by atoms with Gasteiger partial charge in [-0.3, -0.25) is 9.69 Å². The summed E-state index contributed by atoms with van der Waals surface area (Å²) >= 11 is 0. The minimum Gasteiger partial charge on any atom is -0.493 e. The molecule has 1 atom stereocenters. The van der Waals surface area contributed by atoms with E-state index in [1.807, 2.05) is 0 Å². The zero-order chi connectivity index (χ0) is 21.0. The fourth-order valence-electron chi connectivity index (χ4n) is 4.00. The van der Waals surface area contributed by atoms with Crippen LogP contribution in [0.25, 0.3) is 10.9 Å². The van der Waals surface area contributed by atoms with E-state index >= 15 is 0 Å². The standard InChI is InChI=1S/C21H29N3O5/c1-5-13-8-6-7-9-24(13)12-18(25)23-19-14-10-16(27-2)17(28-3)11-15(14)22-20(19)21(26)29-4/h10-11,13,22H,5-9,12H2,1-4H3,(H,23,25). The van der Waals surface area contributed by atoms with E-state index in [0.29, 0.717) is 40.7 Å². The van der Waals surface area contributed by atoms with Crippen LogP contribution in [0.4, 0.5) is 5.69 Å². The molecule has 1 aliphatic rings. The number of esters is 1. The first-order chi connectivity index (χ1) is 14.0. The van der Waals surface area contributed by atoms with Crippen LogP contribution in [0.1, 0.15) is 43.1 Å².